The van der Waals surface area contributed by atoms with Crippen molar-refractivity contribution in [3.05, 3.63) is 72.3 Å². The lowest BCUT2D eigenvalue weighted by Crippen LogP contribution is -2.67. The third kappa shape index (κ3) is 4.51. The molecule has 0 aromatic heterocycles. The van der Waals surface area contributed by atoms with Crippen LogP contribution in [0.2, 0.25) is 5.04 Å². The molecule has 0 amide bonds. The van der Waals surface area contributed by atoms with Gasteiger partial charge in [-0.15, -0.1) is 0 Å². The van der Waals surface area contributed by atoms with Crippen LogP contribution in [-0.4, -0.2) is 37.8 Å². The number of aliphatic hydroxyl groups is 2. The summed E-state index contributed by atoms with van der Waals surface area (Å²) < 4.78 is 6.64. The minimum absolute atomic E-state index is 0.0593. The summed E-state index contributed by atoms with van der Waals surface area (Å²) in [5, 5.41) is 21.8. The summed E-state index contributed by atoms with van der Waals surface area (Å²) in [6.07, 6.45) is 0.918. The van der Waals surface area contributed by atoms with Gasteiger partial charge in [0.1, 0.15) is 0 Å². The average molecular weight is 371 g/mol. The van der Waals surface area contributed by atoms with Crippen molar-refractivity contribution in [2.24, 2.45) is 0 Å². The van der Waals surface area contributed by atoms with Gasteiger partial charge in [0.2, 0.25) is 0 Å². The van der Waals surface area contributed by atoms with E-state index >= 15 is 0 Å². The smallest absolute Gasteiger partial charge is 0.261 e. The number of aliphatic hydroxyl groups excluding tert-OH is 2. The van der Waals surface area contributed by atoms with Gasteiger partial charge >= 0.3 is 0 Å². The van der Waals surface area contributed by atoms with Crippen LogP contribution in [0, 0.1) is 0 Å². The molecule has 0 aliphatic carbocycles. The van der Waals surface area contributed by atoms with Crippen molar-refractivity contribution in [2.45, 2.75) is 38.8 Å². The monoisotopic (exact) mass is 370 g/mol. The second-order valence-corrected chi connectivity index (χ2v) is 12.0. The molecule has 2 rings (SSSR count). The molecule has 0 aliphatic rings. The zero-order valence-corrected chi connectivity index (χ0v) is 17.1. The van der Waals surface area contributed by atoms with E-state index < -0.39 is 14.4 Å². The van der Waals surface area contributed by atoms with Crippen LogP contribution < -0.4 is 10.4 Å². The third-order valence-corrected chi connectivity index (χ3v) is 9.62. The average Bonchev–Trinajstić information content (AvgIpc) is 2.62. The van der Waals surface area contributed by atoms with Crippen LogP contribution in [-0.2, 0) is 4.43 Å². The minimum atomic E-state index is -2.63. The van der Waals surface area contributed by atoms with Gasteiger partial charge in [0.05, 0.1) is 19.3 Å². The Morgan fingerprint density at radius 3 is 1.85 bits per heavy atom. The van der Waals surface area contributed by atoms with Crippen molar-refractivity contribution in [1.29, 1.82) is 0 Å². The van der Waals surface area contributed by atoms with Crippen molar-refractivity contribution in [1.82, 2.24) is 0 Å². The number of hydrogen-bond acceptors (Lipinski definition) is 3. The Kier molecular flexibility index (Phi) is 6.95. The van der Waals surface area contributed by atoms with Crippen molar-refractivity contribution in [3.63, 3.8) is 0 Å². The topological polar surface area (TPSA) is 49.7 Å². The fourth-order valence-corrected chi connectivity index (χ4v) is 7.98. The van der Waals surface area contributed by atoms with Gasteiger partial charge in [0.25, 0.3) is 8.32 Å². The minimum Gasteiger partial charge on any atom is -0.404 e. The highest BCUT2D eigenvalue weighted by Crippen LogP contribution is 2.36. The van der Waals surface area contributed by atoms with Crippen molar-refractivity contribution >= 4 is 18.7 Å². The summed E-state index contributed by atoms with van der Waals surface area (Å²) in [4.78, 5) is 0. The highest BCUT2D eigenvalue weighted by Gasteiger charge is 2.50. The van der Waals surface area contributed by atoms with Crippen LogP contribution in [0.4, 0.5) is 0 Å². The van der Waals surface area contributed by atoms with Gasteiger partial charge in [-0.25, -0.2) is 0 Å². The van der Waals surface area contributed by atoms with Gasteiger partial charge in [-0.2, -0.15) is 0 Å². The SMILES string of the molecule is C/C(=C\[C@@H](O)CO[Si](c1ccccc1)(c1ccccc1)C(C)(C)C)CO. The second kappa shape index (κ2) is 8.78. The highest BCUT2D eigenvalue weighted by molar-refractivity contribution is 6.99. The van der Waals surface area contributed by atoms with E-state index in [0.717, 1.165) is 5.57 Å². The first-order chi connectivity index (χ1) is 12.3. The van der Waals surface area contributed by atoms with Crippen LogP contribution in [0.15, 0.2) is 72.3 Å². The van der Waals surface area contributed by atoms with E-state index in [2.05, 4.69) is 45.0 Å². The number of benzene rings is 2. The molecule has 4 heteroatoms. The molecule has 1 atom stereocenters. The van der Waals surface area contributed by atoms with Gasteiger partial charge in [0.15, 0.2) is 0 Å². The first-order valence-electron chi connectivity index (χ1n) is 9.02. The first kappa shape index (κ1) is 20.6. The molecular weight excluding hydrogens is 340 g/mol. The predicted octanol–water partition coefficient (Wildman–Crippen LogP) is 2.86. The summed E-state index contributed by atoms with van der Waals surface area (Å²) in [6.45, 7) is 8.56. The van der Waals surface area contributed by atoms with Crippen LogP contribution in [0.5, 0.6) is 0 Å². The normalized spacial score (nSPS) is 14.3. The molecule has 3 nitrogen and oxygen atoms in total. The Morgan fingerprint density at radius 1 is 1.00 bits per heavy atom. The fourth-order valence-electron chi connectivity index (χ4n) is 3.40. The van der Waals surface area contributed by atoms with E-state index in [1.165, 1.54) is 10.4 Å². The van der Waals surface area contributed by atoms with Gasteiger partial charge in [-0.3, -0.25) is 0 Å². The summed E-state index contributed by atoms with van der Waals surface area (Å²) in [5.41, 5.74) is 0.739. The lowest BCUT2D eigenvalue weighted by atomic mass is 10.2. The van der Waals surface area contributed by atoms with Gasteiger partial charge < -0.3 is 14.6 Å². The fraction of sp³-hybridized carbons (Fsp3) is 0.364. The molecule has 0 bridgehead atoms. The Hall–Kier alpha value is -1.72. The van der Waals surface area contributed by atoms with Crippen molar-refractivity contribution in [3.8, 4) is 0 Å². The maximum Gasteiger partial charge on any atom is 0.261 e. The van der Waals surface area contributed by atoms with Crippen LogP contribution >= 0.6 is 0 Å². The van der Waals surface area contributed by atoms with E-state index in [-0.39, 0.29) is 18.3 Å². The molecule has 0 aliphatic heterocycles. The molecule has 0 fully saturated rings. The van der Waals surface area contributed by atoms with Gasteiger partial charge in [0, 0.05) is 0 Å². The Bertz CT molecular complexity index is 666. The zero-order valence-electron chi connectivity index (χ0n) is 16.1. The molecule has 2 N–H and O–H groups in total. The maximum atomic E-state index is 10.4. The van der Waals surface area contributed by atoms with Crippen molar-refractivity contribution < 1.29 is 14.6 Å². The zero-order chi connectivity index (χ0) is 19.2. The summed E-state index contributed by atoms with van der Waals surface area (Å²) in [5.74, 6) is 0. The molecule has 0 spiro atoms. The van der Waals surface area contributed by atoms with E-state index in [1.807, 2.05) is 36.4 Å². The highest BCUT2D eigenvalue weighted by atomic mass is 28.4. The Morgan fingerprint density at radius 2 is 1.46 bits per heavy atom. The molecule has 2 aromatic rings. The summed E-state index contributed by atoms with van der Waals surface area (Å²) in [7, 11) is -2.63. The molecule has 0 heterocycles. The molecule has 0 unspecified atom stereocenters. The Labute approximate surface area is 158 Å². The first-order valence-corrected chi connectivity index (χ1v) is 10.9. The number of rotatable bonds is 7. The van der Waals surface area contributed by atoms with Gasteiger partial charge in [-0.1, -0.05) is 87.5 Å². The molecule has 0 saturated carbocycles. The second-order valence-electron chi connectivity index (χ2n) is 7.71. The van der Waals surface area contributed by atoms with E-state index in [1.54, 1.807) is 13.0 Å². The summed E-state index contributed by atoms with van der Waals surface area (Å²) in [6, 6.07) is 20.7. The summed E-state index contributed by atoms with van der Waals surface area (Å²) >= 11 is 0. The van der Waals surface area contributed by atoms with Crippen LogP contribution in [0.1, 0.15) is 27.7 Å². The third-order valence-electron chi connectivity index (χ3n) is 4.61. The molecular formula is C22H30O3Si. The number of hydrogen-bond donors (Lipinski definition) is 2. The van der Waals surface area contributed by atoms with Crippen LogP contribution in [0.3, 0.4) is 0 Å². The maximum absolute atomic E-state index is 10.4. The van der Waals surface area contributed by atoms with Gasteiger partial charge in [-0.05, 0) is 27.9 Å². The molecule has 140 valence electrons. The standard InChI is InChI=1S/C22H30O3Si/c1-18(16-23)15-19(24)17-25-26(22(2,3)4,20-11-7-5-8-12-20)21-13-9-6-10-14-21/h5-15,19,23-24H,16-17H2,1-4H3/b18-15+/t19-/m1/s1. The predicted molar refractivity (Wildman–Crippen MR) is 110 cm³/mol. The molecule has 0 saturated heterocycles. The molecule has 2 aromatic carbocycles. The quantitative estimate of drug-likeness (QED) is 0.582. The van der Waals surface area contributed by atoms with Crippen LogP contribution in [0.25, 0.3) is 0 Å². The largest absolute Gasteiger partial charge is 0.404 e. The Balaban J connectivity index is 2.51. The lowest BCUT2D eigenvalue weighted by Gasteiger charge is -2.43. The molecule has 0 radical (unpaired) electrons. The molecule has 26 heavy (non-hydrogen) atoms. The lowest BCUT2D eigenvalue weighted by molar-refractivity contribution is 0.137. The van der Waals surface area contributed by atoms with E-state index in [9.17, 15) is 10.2 Å². The van der Waals surface area contributed by atoms with Crippen molar-refractivity contribution in [2.75, 3.05) is 13.2 Å². The van der Waals surface area contributed by atoms with E-state index in [0.29, 0.717) is 0 Å². The van der Waals surface area contributed by atoms with E-state index in [4.69, 9.17) is 4.43 Å².